The molecule has 0 bridgehead atoms. The van der Waals surface area contributed by atoms with E-state index < -0.39 is 15.9 Å². The lowest BCUT2D eigenvalue weighted by Gasteiger charge is -2.24. The molecule has 1 N–H and O–H groups in total. The number of rotatable bonds is 7. The van der Waals surface area contributed by atoms with Gasteiger partial charge in [0.1, 0.15) is 6.54 Å². The standard InChI is InChI=1S/C24H23N3O3S/c1-18-3-11-22(12-4-18)27(31(29,30)23-13-5-19(2)6-14-23)17-24(28)26-21-9-7-20(8-10-21)15-16-25/h3-14H,15,17H2,1-2H3,(H,26,28). The summed E-state index contributed by atoms with van der Waals surface area (Å²) in [6.45, 7) is 3.41. The van der Waals surface area contributed by atoms with Crippen LogP contribution in [0.2, 0.25) is 0 Å². The smallest absolute Gasteiger partial charge is 0.264 e. The van der Waals surface area contributed by atoms with Gasteiger partial charge in [0.25, 0.3) is 10.0 Å². The Morgan fingerprint density at radius 1 is 0.903 bits per heavy atom. The second kappa shape index (κ2) is 9.45. The van der Waals surface area contributed by atoms with E-state index in [1.54, 1.807) is 60.7 Å². The predicted octanol–water partition coefficient (Wildman–Crippen LogP) is 4.20. The molecule has 0 aliphatic carbocycles. The second-order valence-corrected chi connectivity index (χ2v) is 9.10. The highest BCUT2D eigenvalue weighted by atomic mass is 32.2. The summed E-state index contributed by atoms with van der Waals surface area (Å²) in [5.41, 5.74) is 3.70. The first kappa shape index (κ1) is 22.1. The van der Waals surface area contributed by atoms with Crippen LogP contribution >= 0.6 is 0 Å². The fourth-order valence-electron chi connectivity index (χ4n) is 2.99. The normalized spacial score (nSPS) is 10.9. The van der Waals surface area contributed by atoms with Crippen LogP contribution in [0.5, 0.6) is 0 Å². The number of sulfonamides is 1. The summed E-state index contributed by atoms with van der Waals surface area (Å²) in [5, 5.41) is 11.5. The van der Waals surface area contributed by atoms with E-state index in [0.29, 0.717) is 11.4 Å². The molecule has 1 amide bonds. The van der Waals surface area contributed by atoms with E-state index in [9.17, 15) is 13.2 Å². The van der Waals surface area contributed by atoms with Gasteiger partial charge in [-0.3, -0.25) is 9.10 Å². The molecule has 3 rings (SSSR count). The number of carbonyl (C=O) groups excluding carboxylic acids is 1. The summed E-state index contributed by atoms with van der Waals surface area (Å²) in [5.74, 6) is -0.468. The van der Waals surface area contributed by atoms with Gasteiger partial charge in [-0.1, -0.05) is 47.5 Å². The Morgan fingerprint density at radius 3 is 2.00 bits per heavy atom. The second-order valence-electron chi connectivity index (χ2n) is 7.24. The third-order valence-corrected chi connectivity index (χ3v) is 6.53. The number of amides is 1. The first-order valence-electron chi connectivity index (χ1n) is 9.71. The maximum atomic E-state index is 13.3. The number of aryl methyl sites for hydroxylation is 2. The summed E-state index contributed by atoms with van der Waals surface area (Å²) < 4.78 is 27.8. The number of nitrogens with zero attached hydrogens (tertiary/aromatic N) is 2. The molecule has 31 heavy (non-hydrogen) atoms. The number of benzene rings is 3. The van der Waals surface area contributed by atoms with Gasteiger partial charge in [-0.2, -0.15) is 5.26 Å². The zero-order valence-corrected chi connectivity index (χ0v) is 18.2. The lowest BCUT2D eigenvalue weighted by atomic mass is 10.1. The summed E-state index contributed by atoms with van der Waals surface area (Å²) >= 11 is 0. The first-order valence-corrected chi connectivity index (χ1v) is 11.2. The highest BCUT2D eigenvalue weighted by Gasteiger charge is 2.27. The van der Waals surface area contributed by atoms with Crippen LogP contribution < -0.4 is 9.62 Å². The molecular weight excluding hydrogens is 410 g/mol. The monoisotopic (exact) mass is 433 g/mol. The highest BCUT2D eigenvalue weighted by Crippen LogP contribution is 2.24. The number of hydrogen-bond acceptors (Lipinski definition) is 4. The average molecular weight is 434 g/mol. The van der Waals surface area contributed by atoms with Gasteiger partial charge in [0.05, 0.1) is 23.1 Å². The molecule has 0 fully saturated rings. The quantitative estimate of drug-likeness (QED) is 0.604. The van der Waals surface area contributed by atoms with Gasteiger partial charge in [0, 0.05) is 5.69 Å². The van der Waals surface area contributed by atoms with Crippen molar-refractivity contribution in [3.63, 3.8) is 0 Å². The largest absolute Gasteiger partial charge is 0.325 e. The molecule has 3 aromatic rings. The molecule has 0 saturated heterocycles. The number of hydrogen-bond donors (Lipinski definition) is 1. The van der Waals surface area contributed by atoms with Gasteiger partial charge in [0.2, 0.25) is 5.91 Å². The van der Waals surface area contributed by atoms with Crippen molar-refractivity contribution >= 4 is 27.3 Å². The highest BCUT2D eigenvalue weighted by molar-refractivity contribution is 7.92. The molecule has 0 atom stereocenters. The van der Waals surface area contributed by atoms with Crippen molar-refractivity contribution in [3.8, 4) is 6.07 Å². The molecule has 6 nitrogen and oxygen atoms in total. The average Bonchev–Trinajstić information content (AvgIpc) is 2.75. The third kappa shape index (κ3) is 5.50. The Bertz CT molecular complexity index is 1190. The van der Waals surface area contributed by atoms with Crippen LogP contribution in [0.25, 0.3) is 0 Å². The molecule has 0 radical (unpaired) electrons. The van der Waals surface area contributed by atoms with E-state index in [1.807, 2.05) is 13.8 Å². The van der Waals surface area contributed by atoms with E-state index >= 15 is 0 Å². The van der Waals surface area contributed by atoms with Crippen LogP contribution in [0.4, 0.5) is 11.4 Å². The van der Waals surface area contributed by atoms with Gasteiger partial charge in [-0.15, -0.1) is 0 Å². The number of nitriles is 1. The zero-order chi connectivity index (χ0) is 22.4. The van der Waals surface area contributed by atoms with E-state index in [2.05, 4.69) is 11.4 Å². The van der Waals surface area contributed by atoms with Gasteiger partial charge in [0.15, 0.2) is 0 Å². The van der Waals surface area contributed by atoms with Gasteiger partial charge >= 0.3 is 0 Å². The maximum Gasteiger partial charge on any atom is 0.264 e. The van der Waals surface area contributed by atoms with Crippen LogP contribution in [0, 0.1) is 25.2 Å². The van der Waals surface area contributed by atoms with Crippen LogP contribution in [-0.2, 0) is 21.2 Å². The minimum absolute atomic E-state index is 0.118. The fourth-order valence-corrected chi connectivity index (χ4v) is 4.41. The topological polar surface area (TPSA) is 90.3 Å². The minimum Gasteiger partial charge on any atom is -0.325 e. The third-order valence-electron chi connectivity index (χ3n) is 4.74. The van der Waals surface area contributed by atoms with E-state index in [1.165, 1.54) is 12.1 Å². The molecule has 3 aromatic carbocycles. The minimum atomic E-state index is -3.95. The van der Waals surface area contributed by atoms with Crippen molar-refractivity contribution < 1.29 is 13.2 Å². The summed E-state index contributed by atoms with van der Waals surface area (Å²) in [7, 11) is -3.95. The van der Waals surface area contributed by atoms with Crippen molar-refractivity contribution in [3.05, 3.63) is 89.5 Å². The molecule has 0 spiro atoms. The number of anilines is 2. The molecule has 0 saturated carbocycles. The van der Waals surface area contributed by atoms with E-state index in [-0.39, 0.29) is 17.9 Å². The van der Waals surface area contributed by atoms with Crippen molar-refractivity contribution in [1.29, 1.82) is 5.26 Å². The summed E-state index contributed by atoms with van der Waals surface area (Å²) in [6, 6.07) is 22.5. The lowest BCUT2D eigenvalue weighted by molar-refractivity contribution is -0.114. The van der Waals surface area contributed by atoms with Crippen molar-refractivity contribution in [2.45, 2.75) is 25.2 Å². The predicted molar refractivity (Wildman–Crippen MR) is 121 cm³/mol. The van der Waals surface area contributed by atoms with E-state index in [0.717, 1.165) is 21.0 Å². The molecule has 0 heterocycles. The molecular formula is C24H23N3O3S. The van der Waals surface area contributed by atoms with E-state index in [4.69, 9.17) is 5.26 Å². The SMILES string of the molecule is Cc1ccc(N(CC(=O)Nc2ccc(CC#N)cc2)S(=O)(=O)c2ccc(C)cc2)cc1. The summed E-state index contributed by atoms with van der Waals surface area (Å²) in [6.07, 6.45) is 0.282. The maximum absolute atomic E-state index is 13.3. The molecule has 0 aliphatic rings. The van der Waals surface area contributed by atoms with Crippen LogP contribution in [0.1, 0.15) is 16.7 Å². The molecule has 7 heteroatoms. The Labute approximate surface area is 182 Å². The van der Waals surface area contributed by atoms with Crippen LogP contribution in [0.15, 0.2) is 77.7 Å². The molecule has 158 valence electrons. The fraction of sp³-hybridized carbons (Fsp3) is 0.167. The Kier molecular flexibility index (Phi) is 6.73. The number of carbonyl (C=O) groups is 1. The van der Waals surface area contributed by atoms with Crippen molar-refractivity contribution in [1.82, 2.24) is 0 Å². The van der Waals surface area contributed by atoms with Crippen LogP contribution in [-0.4, -0.2) is 20.9 Å². The van der Waals surface area contributed by atoms with Gasteiger partial charge in [-0.05, 0) is 55.8 Å². The lowest BCUT2D eigenvalue weighted by Crippen LogP contribution is -2.38. The molecule has 0 aliphatic heterocycles. The van der Waals surface area contributed by atoms with Gasteiger partial charge < -0.3 is 5.32 Å². The first-order chi connectivity index (χ1) is 14.8. The Balaban J connectivity index is 1.87. The summed E-state index contributed by atoms with van der Waals surface area (Å²) in [4.78, 5) is 12.9. The Morgan fingerprint density at radius 2 is 1.45 bits per heavy atom. The van der Waals surface area contributed by atoms with Crippen molar-refractivity contribution in [2.75, 3.05) is 16.2 Å². The van der Waals surface area contributed by atoms with Gasteiger partial charge in [-0.25, -0.2) is 8.42 Å². The van der Waals surface area contributed by atoms with Crippen LogP contribution in [0.3, 0.4) is 0 Å². The molecule has 0 aromatic heterocycles. The molecule has 0 unspecified atom stereocenters. The van der Waals surface area contributed by atoms with Crippen molar-refractivity contribution in [2.24, 2.45) is 0 Å². The Hall–Kier alpha value is -3.63. The number of nitrogens with one attached hydrogen (secondary N) is 1. The zero-order valence-electron chi connectivity index (χ0n) is 17.4.